The second-order valence-electron chi connectivity index (χ2n) is 10.6. The van der Waals surface area contributed by atoms with Gasteiger partial charge in [-0.15, -0.1) is 0 Å². The molecule has 3 aromatic rings. The van der Waals surface area contributed by atoms with Gasteiger partial charge < -0.3 is 10.2 Å². The summed E-state index contributed by atoms with van der Waals surface area (Å²) in [5.74, 6) is 0.612. The number of nitrogens with one attached hydrogen (secondary N) is 1. The molecule has 1 aliphatic carbocycles. The number of rotatable bonds is 7. The van der Waals surface area contributed by atoms with Gasteiger partial charge in [0.15, 0.2) is 0 Å². The molecule has 2 heterocycles. The average Bonchev–Trinajstić information content (AvgIpc) is 2.94. The lowest BCUT2D eigenvalue weighted by atomic mass is 9.84. The Morgan fingerprint density at radius 2 is 1.61 bits per heavy atom. The van der Waals surface area contributed by atoms with E-state index in [4.69, 9.17) is 4.98 Å². The molecule has 1 saturated carbocycles. The van der Waals surface area contributed by atoms with E-state index in [1.54, 1.807) is 0 Å². The SMILES string of the molecule is CCN1CCN(Cc2c(-c3ccccc3)nc3ccccc3c2C(=O)N[C@@H](C)C2CCCCC2)CC1. The first-order valence-corrected chi connectivity index (χ1v) is 13.9. The van der Waals surface area contributed by atoms with Gasteiger partial charge >= 0.3 is 0 Å². The third-order valence-electron chi connectivity index (χ3n) is 8.28. The number of pyridine rings is 1. The van der Waals surface area contributed by atoms with Gasteiger partial charge in [-0.05, 0) is 38.3 Å². The maximum atomic E-state index is 14.1. The van der Waals surface area contributed by atoms with Crippen molar-refractivity contribution >= 4 is 16.8 Å². The first kappa shape index (κ1) is 24.9. The Morgan fingerprint density at radius 1 is 0.944 bits per heavy atom. The summed E-state index contributed by atoms with van der Waals surface area (Å²) >= 11 is 0. The number of carbonyl (C=O) groups is 1. The molecule has 36 heavy (non-hydrogen) atoms. The van der Waals surface area contributed by atoms with E-state index >= 15 is 0 Å². The molecule has 1 amide bonds. The molecule has 1 aliphatic heterocycles. The molecule has 2 aromatic carbocycles. The zero-order valence-corrected chi connectivity index (χ0v) is 21.9. The maximum absolute atomic E-state index is 14.1. The predicted molar refractivity (Wildman–Crippen MR) is 148 cm³/mol. The fraction of sp³-hybridized carbons (Fsp3) is 0.484. The van der Waals surface area contributed by atoms with Crippen molar-refractivity contribution < 1.29 is 4.79 Å². The first-order chi connectivity index (χ1) is 17.6. The molecule has 0 bridgehead atoms. The minimum atomic E-state index is 0.0473. The van der Waals surface area contributed by atoms with E-state index in [1.165, 1.54) is 32.1 Å². The topological polar surface area (TPSA) is 48.5 Å². The van der Waals surface area contributed by atoms with Gasteiger partial charge in [-0.1, -0.05) is 74.7 Å². The van der Waals surface area contributed by atoms with Gasteiger partial charge in [0, 0.05) is 55.3 Å². The summed E-state index contributed by atoms with van der Waals surface area (Å²) in [7, 11) is 0. The van der Waals surface area contributed by atoms with Gasteiger partial charge in [0.1, 0.15) is 0 Å². The van der Waals surface area contributed by atoms with Crippen molar-refractivity contribution in [3.8, 4) is 11.3 Å². The molecule has 0 unspecified atom stereocenters. The van der Waals surface area contributed by atoms with Crippen molar-refractivity contribution in [3.05, 3.63) is 65.7 Å². The highest BCUT2D eigenvalue weighted by molar-refractivity contribution is 6.09. The quantitative estimate of drug-likeness (QED) is 0.465. The number of benzene rings is 2. The van der Waals surface area contributed by atoms with Crippen LogP contribution in [0.1, 0.15) is 61.9 Å². The molecule has 1 aromatic heterocycles. The highest BCUT2D eigenvalue weighted by Gasteiger charge is 2.27. The average molecular weight is 485 g/mol. The van der Waals surface area contributed by atoms with Gasteiger partial charge in [0.25, 0.3) is 5.91 Å². The third kappa shape index (κ3) is 5.47. The molecule has 0 radical (unpaired) electrons. The molecule has 2 aliphatic rings. The second-order valence-corrected chi connectivity index (χ2v) is 10.6. The van der Waals surface area contributed by atoms with Crippen molar-refractivity contribution in [2.24, 2.45) is 5.92 Å². The zero-order valence-electron chi connectivity index (χ0n) is 21.9. The standard InChI is InChI=1S/C31H40N4O/c1-3-34-18-20-35(21-19-34)22-27-29(31(36)32-23(2)24-12-6-4-7-13-24)26-16-10-11-17-28(26)33-30(27)25-14-8-5-9-15-25/h5,8-11,14-17,23-24H,3-4,6-7,12-13,18-22H2,1-2H3,(H,32,36)/t23-/m0/s1. The Labute approximate surface area is 215 Å². The van der Waals surface area contributed by atoms with Gasteiger partial charge in [-0.25, -0.2) is 4.98 Å². The summed E-state index contributed by atoms with van der Waals surface area (Å²) in [4.78, 5) is 24.2. The molecule has 190 valence electrons. The Hall–Kier alpha value is -2.76. The van der Waals surface area contributed by atoms with Crippen LogP contribution >= 0.6 is 0 Å². The molecule has 5 nitrogen and oxygen atoms in total. The minimum absolute atomic E-state index is 0.0473. The van der Waals surface area contributed by atoms with Gasteiger partial charge in [0.05, 0.1) is 16.8 Å². The molecule has 5 heteroatoms. The third-order valence-corrected chi connectivity index (χ3v) is 8.28. The summed E-state index contributed by atoms with van der Waals surface area (Å²) in [6.07, 6.45) is 6.29. The number of hydrogen-bond acceptors (Lipinski definition) is 4. The first-order valence-electron chi connectivity index (χ1n) is 13.9. The molecular weight excluding hydrogens is 444 g/mol. The van der Waals surface area contributed by atoms with Crippen LogP contribution in [-0.2, 0) is 6.54 Å². The van der Waals surface area contributed by atoms with Gasteiger partial charge in [-0.2, -0.15) is 0 Å². The van der Waals surface area contributed by atoms with E-state index in [0.29, 0.717) is 5.92 Å². The number of hydrogen-bond donors (Lipinski definition) is 1. The van der Waals surface area contributed by atoms with Crippen LogP contribution in [0.15, 0.2) is 54.6 Å². The number of carbonyl (C=O) groups excluding carboxylic acids is 1. The van der Waals surface area contributed by atoms with Crippen molar-refractivity contribution in [2.45, 2.75) is 58.5 Å². The normalized spacial score (nSPS) is 18.8. The van der Waals surface area contributed by atoms with Crippen LogP contribution in [0.25, 0.3) is 22.2 Å². The molecule has 2 fully saturated rings. The molecule has 1 saturated heterocycles. The fourth-order valence-corrected chi connectivity index (χ4v) is 6.02. The number of para-hydroxylation sites is 1. The summed E-state index contributed by atoms with van der Waals surface area (Å²) in [5, 5.41) is 4.39. The van der Waals surface area contributed by atoms with E-state index in [-0.39, 0.29) is 11.9 Å². The van der Waals surface area contributed by atoms with Gasteiger partial charge in [0.2, 0.25) is 0 Å². The molecule has 0 spiro atoms. The lowest BCUT2D eigenvalue weighted by molar-refractivity contribution is 0.0916. The summed E-state index contributed by atoms with van der Waals surface area (Å²) < 4.78 is 0. The van der Waals surface area contributed by atoms with E-state index in [9.17, 15) is 4.79 Å². The zero-order chi connectivity index (χ0) is 24.9. The van der Waals surface area contributed by atoms with Crippen LogP contribution in [0.4, 0.5) is 0 Å². The van der Waals surface area contributed by atoms with E-state index in [2.05, 4.69) is 59.3 Å². The molecule has 5 rings (SSSR count). The Kier molecular flexibility index (Phi) is 7.98. The number of amides is 1. The van der Waals surface area contributed by atoms with Crippen LogP contribution in [0.2, 0.25) is 0 Å². The number of nitrogens with zero attached hydrogens (tertiary/aromatic N) is 3. The molecule has 1 atom stereocenters. The van der Waals surface area contributed by atoms with Crippen LogP contribution in [0.3, 0.4) is 0 Å². The minimum Gasteiger partial charge on any atom is -0.349 e. The van der Waals surface area contributed by atoms with E-state index in [0.717, 1.165) is 72.6 Å². The smallest absolute Gasteiger partial charge is 0.252 e. The highest BCUT2D eigenvalue weighted by Crippen LogP contribution is 2.32. The largest absolute Gasteiger partial charge is 0.349 e. The van der Waals surface area contributed by atoms with Crippen molar-refractivity contribution in [1.29, 1.82) is 0 Å². The second kappa shape index (κ2) is 11.5. The Balaban J connectivity index is 1.56. The number of fused-ring (bicyclic) bond motifs is 1. The number of piperazine rings is 1. The fourth-order valence-electron chi connectivity index (χ4n) is 6.02. The van der Waals surface area contributed by atoms with Crippen molar-refractivity contribution in [3.63, 3.8) is 0 Å². The summed E-state index contributed by atoms with van der Waals surface area (Å²) in [6, 6.07) is 18.7. The van der Waals surface area contributed by atoms with Crippen LogP contribution in [-0.4, -0.2) is 59.5 Å². The lowest BCUT2D eigenvalue weighted by Gasteiger charge is -2.35. The number of likely N-dealkylation sites (N-methyl/N-ethyl adjacent to an activating group) is 1. The summed E-state index contributed by atoms with van der Waals surface area (Å²) in [6.45, 7) is 10.4. The van der Waals surface area contributed by atoms with Crippen LogP contribution in [0, 0.1) is 5.92 Å². The van der Waals surface area contributed by atoms with Crippen LogP contribution < -0.4 is 5.32 Å². The molecular formula is C31H40N4O. The lowest BCUT2D eigenvalue weighted by Crippen LogP contribution is -2.46. The number of aromatic nitrogens is 1. The monoisotopic (exact) mass is 484 g/mol. The predicted octanol–water partition coefficient (Wildman–Crippen LogP) is 5.74. The van der Waals surface area contributed by atoms with Crippen LogP contribution in [0.5, 0.6) is 0 Å². The Bertz CT molecular complexity index is 1160. The molecule has 1 N–H and O–H groups in total. The van der Waals surface area contributed by atoms with E-state index < -0.39 is 0 Å². The maximum Gasteiger partial charge on any atom is 0.252 e. The highest BCUT2D eigenvalue weighted by atomic mass is 16.1. The van der Waals surface area contributed by atoms with Gasteiger partial charge in [-0.3, -0.25) is 9.69 Å². The Morgan fingerprint density at radius 3 is 2.33 bits per heavy atom. The van der Waals surface area contributed by atoms with Crippen molar-refractivity contribution in [2.75, 3.05) is 32.7 Å². The van der Waals surface area contributed by atoms with E-state index in [1.807, 2.05) is 24.3 Å². The summed E-state index contributed by atoms with van der Waals surface area (Å²) in [5.41, 5.74) is 4.74. The van der Waals surface area contributed by atoms with Crippen molar-refractivity contribution in [1.82, 2.24) is 20.1 Å².